The van der Waals surface area contributed by atoms with Crippen LogP contribution in [0.2, 0.25) is 0 Å². The minimum Gasteiger partial charge on any atom is -0.489 e. The van der Waals surface area contributed by atoms with Crippen molar-refractivity contribution in [3.05, 3.63) is 65.9 Å². The van der Waals surface area contributed by atoms with E-state index in [1.807, 2.05) is 61.5 Å². The molecule has 0 saturated heterocycles. The van der Waals surface area contributed by atoms with Gasteiger partial charge in [-0.1, -0.05) is 30.3 Å². The molecule has 0 fully saturated rings. The number of hydrogen-bond acceptors (Lipinski definition) is 3. The van der Waals surface area contributed by atoms with Gasteiger partial charge in [-0.15, -0.1) is 0 Å². The third-order valence-electron chi connectivity index (χ3n) is 3.19. The maximum atomic E-state index is 6.04. The lowest BCUT2D eigenvalue weighted by atomic mass is 10.1. The van der Waals surface area contributed by atoms with E-state index >= 15 is 0 Å². The molecule has 3 rings (SSSR count). The Morgan fingerprint density at radius 2 is 1.85 bits per heavy atom. The van der Waals surface area contributed by atoms with Crippen LogP contribution in [0.1, 0.15) is 11.3 Å². The van der Waals surface area contributed by atoms with Crippen molar-refractivity contribution < 1.29 is 4.74 Å². The fourth-order valence-electron chi connectivity index (χ4n) is 2.20. The predicted octanol–water partition coefficient (Wildman–Crippen LogP) is 3.70. The summed E-state index contributed by atoms with van der Waals surface area (Å²) in [5, 5.41) is 0.932. The molecule has 20 heavy (non-hydrogen) atoms. The number of aryl methyl sites for hydroxylation is 1. The molecule has 0 unspecified atom stereocenters. The zero-order valence-electron chi connectivity index (χ0n) is 11.3. The van der Waals surface area contributed by atoms with Gasteiger partial charge in [0, 0.05) is 16.8 Å². The molecule has 0 aliphatic heterocycles. The molecule has 0 radical (unpaired) electrons. The van der Waals surface area contributed by atoms with Gasteiger partial charge in [0.1, 0.15) is 12.4 Å². The number of fused-ring (bicyclic) bond motifs is 1. The number of hydrogen-bond donors (Lipinski definition) is 1. The van der Waals surface area contributed by atoms with E-state index in [0.717, 1.165) is 33.6 Å². The molecular weight excluding hydrogens is 248 g/mol. The molecule has 0 aliphatic rings. The Balaban J connectivity index is 1.86. The van der Waals surface area contributed by atoms with E-state index in [1.165, 1.54) is 0 Å². The molecule has 0 amide bonds. The molecular formula is C17H16N2O. The second kappa shape index (κ2) is 5.21. The van der Waals surface area contributed by atoms with Crippen LogP contribution in [0.25, 0.3) is 10.9 Å². The van der Waals surface area contributed by atoms with E-state index in [1.54, 1.807) is 0 Å². The average molecular weight is 264 g/mol. The molecule has 0 atom stereocenters. The quantitative estimate of drug-likeness (QED) is 0.784. The van der Waals surface area contributed by atoms with E-state index in [0.29, 0.717) is 6.61 Å². The second-order valence-corrected chi connectivity index (χ2v) is 4.81. The molecule has 3 aromatic rings. The van der Waals surface area contributed by atoms with E-state index in [9.17, 15) is 0 Å². The van der Waals surface area contributed by atoms with Crippen LogP contribution in [0, 0.1) is 6.92 Å². The smallest absolute Gasteiger partial charge is 0.120 e. The van der Waals surface area contributed by atoms with Gasteiger partial charge in [0.05, 0.1) is 5.52 Å². The molecule has 3 heteroatoms. The number of nitrogens with two attached hydrogens (primary N) is 1. The Morgan fingerprint density at radius 3 is 2.65 bits per heavy atom. The second-order valence-electron chi connectivity index (χ2n) is 4.81. The van der Waals surface area contributed by atoms with Gasteiger partial charge in [-0.25, -0.2) is 0 Å². The van der Waals surface area contributed by atoms with E-state index in [4.69, 9.17) is 10.5 Å². The van der Waals surface area contributed by atoms with Crippen LogP contribution in [-0.4, -0.2) is 4.98 Å². The highest BCUT2D eigenvalue weighted by Gasteiger charge is 2.03. The predicted molar refractivity (Wildman–Crippen MR) is 81.7 cm³/mol. The molecule has 0 spiro atoms. The Hall–Kier alpha value is -2.55. The number of ether oxygens (including phenoxy) is 1. The van der Waals surface area contributed by atoms with Gasteiger partial charge in [-0.2, -0.15) is 0 Å². The molecule has 3 nitrogen and oxygen atoms in total. The lowest BCUT2D eigenvalue weighted by molar-refractivity contribution is 0.306. The summed E-state index contributed by atoms with van der Waals surface area (Å²) in [5.41, 5.74) is 9.73. The van der Waals surface area contributed by atoms with Crippen molar-refractivity contribution >= 4 is 16.6 Å². The fourth-order valence-corrected chi connectivity index (χ4v) is 2.20. The lowest BCUT2D eigenvalue weighted by Crippen LogP contribution is -1.96. The molecule has 1 aromatic heterocycles. The third kappa shape index (κ3) is 2.57. The standard InChI is InChI=1S/C17H16N2O/c1-12-9-16(18)15-10-14(7-8-17(15)19-12)20-11-13-5-3-2-4-6-13/h2-10H,11H2,1H3,(H2,18,19). The first-order valence-corrected chi connectivity index (χ1v) is 6.56. The summed E-state index contributed by atoms with van der Waals surface area (Å²) in [6, 6.07) is 17.8. The van der Waals surface area contributed by atoms with Crippen LogP contribution in [0.15, 0.2) is 54.6 Å². The Bertz CT molecular complexity index is 739. The van der Waals surface area contributed by atoms with Crippen molar-refractivity contribution in [2.24, 2.45) is 0 Å². The first-order chi connectivity index (χ1) is 9.72. The van der Waals surface area contributed by atoms with Gasteiger partial charge < -0.3 is 10.5 Å². The van der Waals surface area contributed by atoms with Crippen molar-refractivity contribution in [3.8, 4) is 5.75 Å². The van der Waals surface area contributed by atoms with Crippen LogP contribution in [-0.2, 0) is 6.61 Å². The summed E-state index contributed by atoms with van der Waals surface area (Å²) in [7, 11) is 0. The van der Waals surface area contributed by atoms with E-state index in [-0.39, 0.29) is 0 Å². The summed E-state index contributed by atoms with van der Waals surface area (Å²) in [6.07, 6.45) is 0. The highest BCUT2D eigenvalue weighted by atomic mass is 16.5. The van der Waals surface area contributed by atoms with Crippen molar-refractivity contribution in [1.29, 1.82) is 0 Å². The van der Waals surface area contributed by atoms with Gasteiger partial charge >= 0.3 is 0 Å². The van der Waals surface area contributed by atoms with Crippen molar-refractivity contribution in [1.82, 2.24) is 4.98 Å². The number of aromatic nitrogens is 1. The number of nitrogens with zero attached hydrogens (tertiary/aromatic N) is 1. The summed E-state index contributed by atoms with van der Waals surface area (Å²) in [4.78, 5) is 4.46. The van der Waals surface area contributed by atoms with Gasteiger partial charge in [-0.05, 0) is 36.8 Å². The van der Waals surface area contributed by atoms with Crippen LogP contribution < -0.4 is 10.5 Å². The lowest BCUT2D eigenvalue weighted by Gasteiger charge is -2.09. The third-order valence-corrected chi connectivity index (χ3v) is 3.19. The zero-order chi connectivity index (χ0) is 13.9. The van der Waals surface area contributed by atoms with Crippen molar-refractivity contribution in [3.63, 3.8) is 0 Å². The summed E-state index contributed by atoms with van der Waals surface area (Å²) in [5.74, 6) is 0.804. The van der Waals surface area contributed by atoms with Crippen LogP contribution in [0.3, 0.4) is 0 Å². The summed E-state index contributed by atoms with van der Waals surface area (Å²) in [6.45, 7) is 2.49. The first kappa shape index (κ1) is 12.5. The first-order valence-electron chi connectivity index (χ1n) is 6.56. The van der Waals surface area contributed by atoms with Crippen LogP contribution >= 0.6 is 0 Å². The molecule has 2 N–H and O–H groups in total. The Labute approximate surface area is 118 Å². The van der Waals surface area contributed by atoms with Crippen molar-refractivity contribution in [2.75, 3.05) is 5.73 Å². The molecule has 0 aliphatic carbocycles. The van der Waals surface area contributed by atoms with Gasteiger partial charge in [0.2, 0.25) is 0 Å². The topological polar surface area (TPSA) is 48.1 Å². The SMILES string of the molecule is Cc1cc(N)c2cc(OCc3ccccc3)ccc2n1. The monoisotopic (exact) mass is 264 g/mol. The minimum absolute atomic E-state index is 0.547. The number of nitrogen functional groups attached to an aromatic ring is 1. The number of pyridine rings is 1. The molecule has 0 saturated carbocycles. The van der Waals surface area contributed by atoms with Crippen LogP contribution in [0.5, 0.6) is 5.75 Å². The molecule has 0 bridgehead atoms. The largest absolute Gasteiger partial charge is 0.489 e. The fraction of sp³-hybridized carbons (Fsp3) is 0.118. The summed E-state index contributed by atoms with van der Waals surface area (Å²) >= 11 is 0. The number of anilines is 1. The van der Waals surface area contributed by atoms with Crippen LogP contribution in [0.4, 0.5) is 5.69 Å². The molecule has 1 heterocycles. The normalized spacial score (nSPS) is 10.7. The Morgan fingerprint density at radius 1 is 1.05 bits per heavy atom. The highest BCUT2D eigenvalue weighted by molar-refractivity contribution is 5.91. The maximum absolute atomic E-state index is 6.04. The molecule has 2 aromatic carbocycles. The number of benzene rings is 2. The number of rotatable bonds is 3. The van der Waals surface area contributed by atoms with Gasteiger partial charge in [0.25, 0.3) is 0 Å². The average Bonchev–Trinajstić information content (AvgIpc) is 2.46. The van der Waals surface area contributed by atoms with Gasteiger partial charge in [-0.3, -0.25) is 4.98 Å². The maximum Gasteiger partial charge on any atom is 0.120 e. The van der Waals surface area contributed by atoms with Gasteiger partial charge in [0.15, 0.2) is 0 Å². The van der Waals surface area contributed by atoms with Crippen molar-refractivity contribution in [2.45, 2.75) is 13.5 Å². The summed E-state index contributed by atoms with van der Waals surface area (Å²) < 4.78 is 5.80. The molecule has 100 valence electrons. The van der Waals surface area contributed by atoms with E-state index in [2.05, 4.69) is 4.98 Å². The minimum atomic E-state index is 0.547. The Kier molecular flexibility index (Phi) is 3.25. The van der Waals surface area contributed by atoms with E-state index < -0.39 is 0 Å². The zero-order valence-corrected chi connectivity index (χ0v) is 11.3. The highest BCUT2D eigenvalue weighted by Crippen LogP contribution is 2.25.